The maximum absolute atomic E-state index is 13.6. The quantitative estimate of drug-likeness (QED) is 0.332. The summed E-state index contributed by atoms with van der Waals surface area (Å²) in [6, 6.07) is 13.5. The second kappa shape index (κ2) is 9.40. The van der Waals surface area contributed by atoms with Crippen LogP contribution in [0.4, 0.5) is 19.0 Å². The average Bonchev–Trinajstić information content (AvgIpc) is 3.54. The van der Waals surface area contributed by atoms with Crippen LogP contribution in [-0.4, -0.2) is 57.0 Å². The Bertz CT molecular complexity index is 1790. The maximum atomic E-state index is 13.6. The van der Waals surface area contributed by atoms with Crippen LogP contribution in [0.3, 0.4) is 0 Å². The molecule has 204 valence electrons. The molecular formula is C28H23F3N6O3. The Morgan fingerprint density at radius 1 is 1.15 bits per heavy atom. The van der Waals surface area contributed by atoms with Gasteiger partial charge in [-0.05, 0) is 41.5 Å². The molecule has 9 nitrogen and oxygen atoms in total. The smallest absolute Gasteiger partial charge is 0.422 e. The van der Waals surface area contributed by atoms with Crippen molar-refractivity contribution in [1.82, 2.24) is 24.6 Å². The zero-order valence-corrected chi connectivity index (χ0v) is 21.4. The Morgan fingerprint density at radius 3 is 2.75 bits per heavy atom. The fourth-order valence-corrected chi connectivity index (χ4v) is 4.95. The molecule has 0 aliphatic carbocycles. The van der Waals surface area contributed by atoms with Crippen LogP contribution in [0.15, 0.2) is 60.9 Å². The number of ether oxygens (including phenoxy) is 2. The minimum absolute atomic E-state index is 0.129. The lowest BCUT2D eigenvalue weighted by Gasteiger charge is -2.24. The number of likely N-dealkylation sites (N-methyl/N-ethyl adjacent to an activating group) is 1. The van der Waals surface area contributed by atoms with E-state index in [2.05, 4.69) is 15.1 Å². The number of amides is 1. The number of alkyl halides is 3. The number of benzene rings is 2. The highest BCUT2D eigenvalue weighted by Crippen LogP contribution is 2.39. The van der Waals surface area contributed by atoms with Gasteiger partial charge in [-0.25, -0.2) is 9.97 Å². The lowest BCUT2D eigenvalue weighted by molar-refractivity contribution is -0.154. The molecule has 0 saturated heterocycles. The third-order valence-electron chi connectivity index (χ3n) is 6.96. The molecule has 0 spiro atoms. The summed E-state index contributed by atoms with van der Waals surface area (Å²) in [4.78, 5) is 23.5. The predicted molar refractivity (Wildman–Crippen MR) is 142 cm³/mol. The van der Waals surface area contributed by atoms with Gasteiger partial charge in [0.15, 0.2) is 6.61 Å². The van der Waals surface area contributed by atoms with Gasteiger partial charge in [0.25, 0.3) is 5.91 Å². The Hall–Kier alpha value is -4.87. The largest absolute Gasteiger partial charge is 0.491 e. The first-order chi connectivity index (χ1) is 19.1. The van der Waals surface area contributed by atoms with Crippen LogP contribution >= 0.6 is 0 Å². The van der Waals surface area contributed by atoms with E-state index in [0.29, 0.717) is 33.8 Å². The molecule has 1 amide bonds. The Kier molecular flexibility index (Phi) is 5.97. The van der Waals surface area contributed by atoms with Gasteiger partial charge in [0.2, 0.25) is 5.88 Å². The van der Waals surface area contributed by atoms with Crippen molar-refractivity contribution < 1.29 is 27.4 Å². The van der Waals surface area contributed by atoms with Crippen molar-refractivity contribution in [3.05, 3.63) is 72.1 Å². The molecule has 1 aliphatic heterocycles. The predicted octanol–water partition coefficient (Wildman–Crippen LogP) is 4.91. The van der Waals surface area contributed by atoms with Crippen molar-refractivity contribution in [3.63, 3.8) is 0 Å². The number of halogens is 3. The van der Waals surface area contributed by atoms with Gasteiger partial charge in [0, 0.05) is 42.9 Å². The molecule has 0 saturated carbocycles. The molecule has 6 rings (SSSR count). The number of nitrogens with zero attached hydrogens (tertiary/aromatic N) is 5. The standard InChI is InChI=1S/C28H23F3N6O3/c1-36(27(38)17-4-6-21-19(9-17)25-20(26(32)35-21)12-34-37(25)2)22-13-39-23-10-15(3-5-18(22)23)16-7-8-33-24(11-16)40-14-28(29,30)31/h3-12,22H,13-14H2,1-2H3,(H2,32,35)/t22-/m1/s1. The van der Waals surface area contributed by atoms with Gasteiger partial charge >= 0.3 is 6.18 Å². The van der Waals surface area contributed by atoms with Crippen LogP contribution in [-0.2, 0) is 7.05 Å². The molecule has 5 aromatic rings. The van der Waals surface area contributed by atoms with Crippen LogP contribution < -0.4 is 15.2 Å². The number of aryl methyl sites for hydroxylation is 1. The van der Waals surface area contributed by atoms with Gasteiger partial charge in [-0.15, -0.1) is 0 Å². The van der Waals surface area contributed by atoms with E-state index in [1.165, 1.54) is 12.3 Å². The van der Waals surface area contributed by atoms with Crippen molar-refractivity contribution in [2.45, 2.75) is 12.2 Å². The molecule has 4 heterocycles. The lowest BCUT2D eigenvalue weighted by atomic mass is 10.0. The van der Waals surface area contributed by atoms with Crippen molar-refractivity contribution in [1.29, 1.82) is 0 Å². The van der Waals surface area contributed by atoms with E-state index in [9.17, 15) is 18.0 Å². The van der Waals surface area contributed by atoms with Crippen LogP contribution in [0.5, 0.6) is 11.6 Å². The van der Waals surface area contributed by atoms with E-state index in [4.69, 9.17) is 15.2 Å². The molecule has 1 aliphatic rings. The van der Waals surface area contributed by atoms with Crippen LogP contribution in [0.25, 0.3) is 32.9 Å². The summed E-state index contributed by atoms with van der Waals surface area (Å²) in [5, 5.41) is 5.77. The van der Waals surface area contributed by atoms with Gasteiger partial charge in [0.1, 0.15) is 18.2 Å². The van der Waals surface area contributed by atoms with E-state index < -0.39 is 12.8 Å². The summed E-state index contributed by atoms with van der Waals surface area (Å²) in [5.41, 5.74) is 10.2. The number of hydrogen-bond donors (Lipinski definition) is 1. The number of pyridine rings is 2. The Labute approximate surface area is 225 Å². The molecule has 0 fully saturated rings. The summed E-state index contributed by atoms with van der Waals surface area (Å²) in [7, 11) is 3.53. The molecule has 0 radical (unpaired) electrons. The number of carbonyl (C=O) groups is 1. The maximum Gasteiger partial charge on any atom is 0.422 e. The molecule has 2 aromatic carbocycles. The third kappa shape index (κ3) is 4.51. The van der Waals surface area contributed by atoms with Crippen molar-refractivity contribution in [2.24, 2.45) is 7.05 Å². The molecule has 12 heteroatoms. The highest BCUT2D eigenvalue weighted by Gasteiger charge is 2.32. The molecule has 0 unspecified atom stereocenters. The first-order valence-corrected chi connectivity index (χ1v) is 12.3. The number of rotatable bonds is 5. The molecule has 1 atom stereocenters. The number of carbonyl (C=O) groups excluding carboxylic acids is 1. The number of hydrogen-bond acceptors (Lipinski definition) is 7. The fraction of sp³-hybridized carbons (Fsp3) is 0.214. The summed E-state index contributed by atoms with van der Waals surface area (Å²) in [5.74, 6) is 0.644. The molecule has 0 bridgehead atoms. The zero-order chi connectivity index (χ0) is 28.2. The molecule has 3 aromatic heterocycles. The summed E-state index contributed by atoms with van der Waals surface area (Å²) in [6.45, 7) is -1.16. The van der Waals surface area contributed by atoms with E-state index in [1.807, 2.05) is 19.2 Å². The number of nitrogens with two attached hydrogens (primary N) is 1. The van der Waals surface area contributed by atoms with Gasteiger partial charge < -0.3 is 20.1 Å². The summed E-state index contributed by atoms with van der Waals surface area (Å²) in [6.07, 6.45) is -1.42. The van der Waals surface area contributed by atoms with Crippen molar-refractivity contribution >= 4 is 33.5 Å². The third-order valence-corrected chi connectivity index (χ3v) is 6.96. The number of anilines is 1. The van der Waals surface area contributed by atoms with E-state index in [0.717, 1.165) is 21.9 Å². The van der Waals surface area contributed by atoms with E-state index in [-0.39, 0.29) is 24.4 Å². The normalized spacial score (nSPS) is 14.8. The van der Waals surface area contributed by atoms with Crippen LogP contribution in [0, 0.1) is 0 Å². The van der Waals surface area contributed by atoms with Crippen LogP contribution in [0.2, 0.25) is 0 Å². The van der Waals surface area contributed by atoms with E-state index >= 15 is 0 Å². The van der Waals surface area contributed by atoms with Gasteiger partial charge in [-0.1, -0.05) is 12.1 Å². The minimum atomic E-state index is -4.46. The number of aromatic nitrogens is 4. The number of nitrogen functional groups attached to an aromatic ring is 1. The van der Waals surface area contributed by atoms with Crippen LogP contribution in [0.1, 0.15) is 22.0 Å². The topological polar surface area (TPSA) is 108 Å². The summed E-state index contributed by atoms with van der Waals surface area (Å²) < 4.78 is 50.0. The first kappa shape index (κ1) is 25.4. The lowest BCUT2D eigenvalue weighted by Crippen LogP contribution is -2.32. The van der Waals surface area contributed by atoms with Crippen molar-refractivity contribution in [2.75, 3.05) is 26.0 Å². The minimum Gasteiger partial charge on any atom is -0.491 e. The van der Waals surface area contributed by atoms with Gasteiger partial charge in [0.05, 0.1) is 28.7 Å². The summed E-state index contributed by atoms with van der Waals surface area (Å²) >= 11 is 0. The fourth-order valence-electron chi connectivity index (χ4n) is 4.95. The van der Waals surface area contributed by atoms with Gasteiger partial charge in [-0.3, -0.25) is 9.48 Å². The molecule has 2 N–H and O–H groups in total. The first-order valence-electron chi connectivity index (χ1n) is 12.3. The number of fused-ring (bicyclic) bond motifs is 4. The molecular weight excluding hydrogens is 525 g/mol. The molecule has 40 heavy (non-hydrogen) atoms. The zero-order valence-electron chi connectivity index (χ0n) is 21.4. The average molecular weight is 549 g/mol. The Morgan fingerprint density at radius 2 is 1.95 bits per heavy atom. The Balaban J connectivity index is 1.25. The monoisotopic (exact) mass is 548 g/mol. The van der Waals surface area contributed by atoms with Crippen molar-refractivity contribution in [3.8, 4) is 22.8 Å². The van der Waals surface area contributed by atoms with E-state index in [1.54, 1.807) is 53.2 Å². The second-order valence-corrected chi connectivity index (χ2v) is 9.54. The highest BCUT2D eigenvalue weighted by atomic mass is 19.4. The highest BCUT2D eigenvalue weighted by molar-refractivity contribution is 6.10. The second-order valence-electron chi connectivity index (χ2n) is 9.54. The SMILES string of the molecule is CN(C(=O)c1ccc2nc(N)c3cnn(C)c3c2c1)[C@@H]1COc2cc(-c3ccnc(OCC(F)(F)F)c3)ccc21. The van der Waals surface area contributed by atoms with Gasteiger partial charge in [-0.2, -0.15) is 18.3 Å².